The van der Waals surface area contributed by atoms with E-state index < -0.39 is 25.1 Å². The summed E-state index contributed by atoms with van der Waals surface area (Å²) in [4.78, 5) is 19.0. The number of hydrogen-bond donors (Lipinski definition) is 1. The van der Waals surface area contributed by atoms with Crippen molar-refractivity contribution in [3.05, 3.63) is 47.9 Å². The normalized spacial score (nSPS) is 11.3. The molecule has 0 aliphatic rings. The van der Waals surface area contributed by atoms with Crippen LogP contribution in [-0.2, 0) is 4.89 Å². The minimum atomic E-state index is -1.94. The van der Waals surface area contributed by atoms with E-state index in [1.54, 1.807) is 12.3 Å². The van der Waals surface area contributed by atoms with Crippen molar-refractivity contribution in [2.24, 2.45) is 0 Å². The molecule has 21 heavy (non-hydrogen) atoms. The van der Waals surface area contributed by atoms with Gasteiger partial charge in [-0.3, -0.25) is 0 Å². The quantitative estimate of drug-likeness (QED) is 0.525. The van der Waals surface area contributed by atoms with E-state index in [1.165, 1.54) is 16.5 Å². The molecule has 110 valence electrons. The number of rotatable bonds is 3. The molecule has 1 aromatic carbocycles. The molecular weight excluding hydrogens is 334 g/mol. The van der Waals surface area contributed by atoms with Gasteiger partial charge in [-0.25, -0.2) is 0 Å². The molecule has 6 heteroatoms. The zero-order valence-corrected chi connectivity index (χ0v) is 14.2. The molecule has 0 aliphatic carbocycles. The van der Waals surface area contributed by atoms with Crippen LogP contribution in [0.25, 0.3) is 11.3 Å². The van der Waals surface area contributed by atoms with Crippen LogP contribution in [0.1, 0.15) is 10.4 Å². The fourth-order valence-corrected chi connectivity index (χ4v) is 4.07. The van der Waals surface area contributed by atoms with Crippen molar-refractivity contribution in [1.82, 2.24) is 4.98 Å². The molecule has 0 aliphatic heterocycles. The van der Waals surface area contributed by atoms with Crippen molar-refractivity contribution in [2.75, 3.05) is 0 Å². The van der Waals surface area contributed by atoms with Crippen molar-refractivity contribution in [3.8, 4) is 11.3 Å². The summed E-state index contributed by atoms with van der Waals surface area (Å²) >= 11 is -1.94. The van der Waals surface area contributed by atoms with Crippen LogP contribution in [0.15, 0.2) is 36.5 Å². The number of carbonyl (C=O) groups excluding carboxylic acids is 1. The zero-order chi connectivity index (χ0) is 15.6. The third kappa shape index (κ3) is 3.48. The van der Waals surface area contributed by atoms with Crippen LogP contribution in [0.2, 0.25) is 17.3 Å². The van der Waals surface area contributed by atoms with E-state index in [0.29, 0.717) is 11.3 Å². The van der Waals surface area contributed by atoms with E-state index in [2.05, 4.69) is 27.1 Å². The summed E-state index contributed by atoms with van der Waals surface area (Å²) in [5.74, 6) is 5.19. The Morgan fingerprint density at radius 2 is 1.95 bits per heavy atom. The molecule has 1 aromatic heterocycles. The molecule has 1 N–H and O–H groups in total. The molecule has 2 aromatic rings. The van der Waals surface area contributed by atoms with Crippen molar-refractivity contribution in [3.63, 3.8) is 0 Å². The Morgan fingerprint density at radius 1 is 1.24 bits per heavy atom. The Balaban J connectivity index is 2.36. The number of hydrogen-bond acceptors (Lipinski definition) is 4. The first kappa shape index (κ1) is 15.7. The molecule has 0 fully saturated rings. The summed E-state index contributed by atoms with van der Waals surface area (Å²) in [5, 5.41) is 8.29. The zero-order valence-electron chi connectivity index (χ0n) is 12.1. The first-order valence-corrected chi connectivity index (χ1v) is 13.8. The third-order valence-electron chi connectivity index (χ3n) is 3.19. The SMILES string of the molecule is [CH3][Ge]([CH3])([CH3])[c]1ccc(-c2ccc(C(=O)OO)cc2F)nc1. The Bertz CT molecular complexity index is 666. The minimum absolute atomic E-state index is 0.0555. The Hall–Kier alpha value is -1.73. The van der Waals surface area contributed by atoms with E-state index >= 15 is 0 Å². The van der Waals surface area contributed by atoms with Gasteiger partial charge in [-0.05, 0) is 0 Å². The van der Waals surface area contributed by atoms with Gasteiger partial charge in [-0.1, -0.05) is 0 Å². The van der Waals surface area contributed by atoms with E-state index in [4.69, 9.17) is 5.26 Å². The molecule has 0 spiro atoms. The molecule has 4 nitrogen and oxygen atoms in total. The van der Waals surface area contributed by atoms with Gasteiger partial charge in [0.1, 0.15) is 0 Å². The van der Waals surface area contributed by atoms with E-state index in [9.17, 15) is 9.18 Å². The number of halogens is 1. The molecule has 0 atom stereocenters. The van der Waals surface area contributed by atoms with Crippen LogP contribution in [0.4, 0.5) is 4.39 Å². The van der Waals surface area contributed by atoms with Crippen LogP contribution in [0.3, 0.4) is 0 Å². The van der Waals surface area contributed by atoms with E-state index in [0.717, 1.165) is 6.07 Å². The number of nitrogens with zero attached hydrogens (tertiary/aromatic N) is 1. The van der Waals surface area contributed by atoms with Crippen molar-refractivity contribution >= 4 is 23.6 Å². The summed E-state index contributed by atoms with van der Waals surface area (Å²) < 4.78 is 15.3. The van der Waals surface area contributed by atoms with Gasteiger partial charge < -0.3 is 0 Å². The fraction of sp³-hybridized carbons (Fsp3) is 0.200. The predicted octanol–water partition coefficient (Wildman–Crippen LogP) is 3.06. The van der Waals surface area contributed by atoms with Gasteiger partial charge in [0.05, 0.1) is 0 Å². The van der Waals surface area contributed by atoms with Gasteiger partial charge in [0.2, 0.25) is 0 Å². The second kappa shape index (κ2) is 5.95. The average molecular weight is 350 g/mol. The van der Waals surface area contributed by atoms with Gasteiger partial charge in [0.25, 0.3) is 0 Å². The summed E-state index contributed by atoms with van der Waals surface area (Å²) in [7, 11) is 0. The van der Waals surface area contributed by atoms with Crippen LogP contribution < -0.4 is 4.40 Å². The summed E-state index contributed by atoms with van der Waals surface area (Å²) in [6.07, 6.45) is 1.80. The molecule has 2 rings (SSSR count). The summed E-state index contributed by atoms with van der Waals surface area (Å²) in [6.45, 7) is 0. The predicted molar refractivity (Wildman–Crippen MR) is 80.7 cm³/mol. The molecule has 0 unspecified atom stereocenters. The monoisotopic (exact) mass is 351 g/mol. The Kier molecular flexibility index (Phi) is 4.44. The second-order valence-electron chi connectivity index (χ2n) is 5.76. The number of benzene rings is 1. The maximum absolute atomic E-state index is 14.0. The van der Waals surface area contributed by atoms with E-state index in [-0.39, 0.29) is 5.56 Å². The van der Waals surface area contributed by atoms with Gasteiger partial charge >= 0.3 is 124 Å². The molecule has 0 saturated heterocycles. The Morgan fingerprint density at radius 3 is 2.43 bits per heavy atom. The van der Waals surface area contributed by atoms with Crippen LogP contribution in [-0.4, -0.2) is 29.5 Å². The number of carbonyl (C=O) groups is 1. The summed E-state index contributed by atoms with van der Waals surface area (Å²) in [6, 6.07) is 7.62. The number of aromatic nitrogens is 1. The van der Waals surface area contributed by atoms with Crippen LogP contribution in [0, 0.1) is 5.82 Å². The van der Waals surface area contributed by atoms with Crippen molar-refractivity contribution in [2.45, 2.75) is 17.3 Å². The average Bonchev–Trinajstić information content (AvgIpc) is 2.45. The van der Waals surface area contributed by atoms with Gasteiger partial charge in [0, 0.05) is 0 Å². The first-order chi connectivity index (χ1) is 9.82. The van der Waals surface area contributed by atoms with Crippen molar-refractivity contribution < 1.29 is 19.3 Å². The van der Waals surface area contributed by atoms with Crippen LogP contribution in [0.5, 0.6) is 0 Å². The van der Waals surface area contributed by atoms with Crippen molar-refractivity contribution in [1.29, 1.82) is 0 Å². The molecule has 0 saturated carbocycles. The maximum atomic E-state index is 14.0. The standard InChI is InChI=1S/C15H16FGeNO3/c1-17(2,3)11-5-7-14(18-9-11)12-6-4-10(8-13(12)16)15(19)21-20/h4-9,20H,1-3H3. The first-order valence-electron chi connectivity index (χ1n) is 6.45. The molecule has 1 heterocycles. The molecular formula is C15H16FGeNO3. The molecule has 0 radical (unpaired) electrons. The van der Waals surface area contributed by atoms with Gasteiger partial charge in [0.15, 0.2) is 0 Å². The summed E-state index contributed by atoms with van der Waals surface area (Å²) in [5.41, 5.74) is 0.754. The Labute approximate surface area is 124 Å². The molecule has 0 amide bonds. The third-order valence-corrected chi connectivity index (χ3v) is 7.45. The topological polar surface area (TPSA) is 59.4 Å². The second-order valence-corrected chi connectivity index (χ2v) is 16.4. The van der Waals surface area contributed by atoms with Gasteiger partial charge in [-0.15, -0.1) is 0 Å². The number of pyridine rings is 1. The van der Waals surface area contributed by atoms with Gasteiger partial charge in [-0.2, -0.15) is 0 Å². The van der Waals surface area contributed by atoms with Crippen LogP contribution >= 0.6 is 0 Å². The fourth-order valence-electron chi connectivity index (χ4n) is 1.90. The van der Waals surface area contributed by atoms with E-state index in [1.807, 2.05) is 6.07 Å². The molecule has 0 bridgehead atoms.